The minimum Gasteiger partial charge on any atom is -0.451 e. The third-order valence-electron chi connectivity index (χ3n) is 4.55. The molecule has 1 heterocycles. The number of nitrogens with one attached hydrogen (secondary N) is 1. The number of carbonyl (C=O) groups is 2. The summed E-state index contributed by atoms with van der Waals surface area (Å²) in [5, 5.41) is 6.58. The normalized spacial score (nSPS) is 10.6. The molecule has 0 saturated carbocycles. The predicted molar refractivity (Wildman–Crippen MR) is 114 cm³/mol. The Balaban J connectivity index is 1.55. The van der Waals surface area contributed by atoms with E-state index < -0.39 is 35.8 Å². The summed E-state index contributed by atoms with van der Waals surface area (Å²) in [6, 6.07) is 23.0. The van der Waals surface area contributed by atoms with Crippen LogP contribution in [0.25, 0.3) is 16.9 Å². The lowest BCUT2D eigenvalue weighted by Gasteiger charge is -2.09. The quantitative estimate of drug-likeness (QED) is 0.451. The molecule has 0 atom stereocenters. The zero-order valence-corrected chi connectivity index (χ0v) is 16.7. The van der Waals surface area contributed by atoms with Crippen LogP contribution < -0.4 is 5.32 Å². The van der Waals surface area contributed by atoms with Crippen molar-refractivity contribution in [3.8, 4) is 16.9 Å². The van der Waals surface area contributed by atoms with Crippen molar-refractivity contribution < 1.29 is 23.1 Å². The van der Waals surface area contributed by atoms with Crippen molar-refractivity contribution in [3.63, 3.8) is 0 Å². The fourth-order valence-corrected chi connectivity index (χ4v) is 3.04. The number of aromatic nitrogens is 2. The Labute approximate surface area is 182 Å². The van der Waals surface area contributed by atoms with E-state index in [0.29, 0.717) is 11.4 Å². The van der Waals surface area contributed by atoms with Crippen LogP contribution in [-0.4, -0.2) is 28.3 Å². The SMILES string of the molecule is O=C(COC(=O)c1cc(-c2ccccc2)nn1-c1ccccc1)Nc1c(F)cccc1F. The van der Waals surface area contributed by atoms with Gasteiger partial charge in [-0.05, 0) is 30.3 Å². The van der Waals surface area contributed by atoms with Gasteiger partial charge >= 0.3 is 5.97 Å². The molecule has 0 aliphatic rings. The number of nitrogens with zero attached hydrogens (tertiary/aromatic N) is 2. The summed E-state index contributed by atoms with van der Waals surface area (Å²) in [6.45, 7) is -0.729. The highest BCUT2D eigenvalue weighted by Crippen LogP contribution is 2.22. The first kappa shape index (κ1) is 20.9. The van der Waals surface area contributed by atoms with Crippen LogP contribution in [0.15, 0.2) is 84.9 Å². The van der Waals surface area contributed by atoms with Crippen LogP contribution in [0.2, 0.25) is 0 Å². The molecule has 4 aromatic rings. The molecule has 0 unspecified atom stereocenters. The van der Waals surface area contributed by atoms with Crippen LogP contribution in [0.1, 0.15) is 10.5 Å². The molecule has 4 rings (SSSR count). The Morgan fingerprint density at radius 1 is 0.875 bits per heavy atom. The molecule has 1 N–H and O–H groups in total. The maximum absolute atomic E-state index is 13.7. The average Bonchev–Trinajstić information content (AvgIpc) is 3.27. The summed E-state index contributed by atoms with van der Waals surface area (Å²) in [5.41, 5.74) is 1.46. The van der Waals surface area contributed by atoms with E-state index in [1.54, 1.807) is 30.3 Å². The summed E-state index contributed by atoms with van der Waals surface area (Å²) in [6.07, 6.45) is 0. The third kappa shape index (κ3) is 4.54. The van der Waals surface area contributed by atoms with Gasteiger partial charge in [0.25, 0.3) is 5.91 Å². The second kappa shape index (κ2) is 9.22. The number of rotatable bonds is 6. The van der Waals surface area contributed by atoms with E-state index in [0.717, 1.165) is 17.7 Å². The fraction of sp³-hybridized carbons (Fsp3) is 0.0417. The largest absolute Gasteiger partial charge is 0.451 e. The number of para-hydroxylation sites is 2. The number of anilines is 1. The number of halogens is 2. The molecular weight excluding hydrogens is 416 g/mol. The average molecular weight is 433 g/mol. The van der Waals surface area contributed by atoms with Gasteiger partial charge in [-0.25, -0.2) is 18.3 Å². The summed E-state index contributed by atoms with van der Waals surface area (Å²) in [5.74, 6) is -3.55. The molecule has 0 aliphatic carbocycles. The fourth-order valence-electron chi connectivity index (χ4n) is 3.04. The molecule has 8 heteroatoms. The first-order valence-corrected chi connectivity index (χ1v) is 9.65. The minimum atomic E-state index is -0.931. The molecule has 1 amide bonds. The Morgan fingerprint density at radius 2 is 1.50 bits per heavy atom. The number of amides is 1. The highest BCUT2D eigenvalue weighted by Gasteiger charge is 2.20. The van der Waals surface area contributed by atoms with E-state index in [1.807, 2.05) is 36.4 Å². The minimum absolute atomic E-state index is 0.0972. The smallest absolute Gasteiger partial charge is 0.357 e. The molecule has 0 radical (unpaired) electrons. The van der Waals surface area contributed by atoms with E-state index in [9.17, 15) is 18.4 Å². The lowest BCUT2D eigenvalue weighted by Crippen LogP contribution is -2.23. The maximum Gasteiger partial charge on any atom is 0.357 e. The van der Waals surface area contributed by atoms with Gasteiger partial charge in [-0.2, -0.15) is 5.10 Å². The first-order chi connectivity index (χ1) is 15.5. The highest BCUT2D eigenvalue weighted by molar-refractivity contribution is 5.95. The predicted octanol–water partition coefficient (Wildman–Crippen LogP) is 4.61. The van der Waals surface area contributed by atoms with Gasteiger partial charge in [0.2, 0.25) is 0 Å². The van der Waals surface area contributed by atoms with Crippen molar-refractivity contribution in [1.29, 1.82) is 0 Å². The van der Waals surface area contributed by atoms with Crippen LogP contribution in [-0.2, 0) is 9.53 Å². The van der Waals surface area contributed by atoms with Gasteiger partial charge in [-0.1, -0.05) is 54.6 Å². The summed E-state index contributed by atoms with van der Waals surface area (Å²) in [7, 11) is 0. The highest BCUT2D eigenvalue weighted by atomic mass is 19.1. The zero-order valence-electron chi connectivity index (χ0n) is 16.7. The van der Waals surface area contributed by atoms with E-state index >= 15 is 0 Å². The van der Waals surface area contributed by atoms with Crippen LogP contribution in [0.5, 0.6) is 0 Å². The Morgan fingerprint density at radius 3 is 2.16 bits per heavy atom. The van der Waals surface area contributed by atoms with Crippen molar-refractivity contribution in [2.75, 3.05) is 11.9 Å². The van der Waals surface area contributed by atoms with Gasteiger partial charge in [-0.3, -0.25) is 4.79 Å². The van der Waals surface area contributed by atoms with Crippen LogP contribution >= 0.6 is 0 Å². The van der Waals surface area contributed by atoms with Crippen LogP contribution in [0.4, 0.5) is 14.5 Å². The summed E-state index contributed by atoms with van der Waals surface area (Å²) >= 11 is 0. The van der Waals surface area contributed by atoms with E-state index in [-0.39, 0.29) is 5.69 Å². The van der Waals surface area contributed by atoms with Gasteiger partial charge < -0.3 is 10.1 Å². The molecule has 0 fully saturated rings. The number of hydrogen-bond donors (Lipinski definition) is 1. The standard InChI is InChI=1S/C24H17F2N3O3/c25-18-12-7-13-19(26)23(18)27-22(30)15-32-24(31)21-14-20(16-8-3-1-4-9-16)28-29(21)17-10-5-2-6-11-17/h1-14H,15H2,(H,27,30). The first-order valence-electron chi connectivity index (χ1n) is 9.65. The summed E-state index contributed by atoms with van der Waals surface area (Å²) in [4.78, 5) is 24.9. The van der Waals surface area contributed by atoms with Crippen molar-refractivity contribution >= 4 is 17.6 Å². The van der Waals surface area contributed by atoms with E-state index in [2.05, 4.69) is 10.4 Å². The van der Waals surface area contributed by atoms with Crippen molar-refractivity contribution in [3.05, 3.63) is 102 Å². The third-order valence-corrected chi connectivity index (χ3v) is 4.55. The molecule has 0 saturated heterocycles. The van der Waals surface area contributed by atoms with Crippen LogP contribution in [0, 0.1) is 11.6 Å². The van der Waals surface area contributed by atoms with Crippen molar-refractivity contribution in [2.45, 2.75) is 0 Å². The molecule has 0 spiro atoms. The number of hydrogen-bond acceptors (Lipinski definition) is 4. The molecule has 0 bridgehead atoms. The Kier molecular flexibility index (Phi) is 6.03. The van der Waals surface area contributed by atoms with E-state index in [1.165, 1.54) is 10.7 Å². The second-order valence-corrected chi connectivity index (χ2v) is 6.75. The molecular formula is C24H17F2N3O3. The topological polar surface area (TPSA) is 73.2 Å². The molecule has 3 aromatic carbocycles. The zero-order chi connectivity index (χ0) is 22.5. The van der Waals surface area contributed by atoms with Gasteiger partial charge in [0.1, 0.15) is 17.3 Å². The molecule has 6 nitrogen and oxygen atoms in total. The van der Waals surface area contributed by atoms with E-state index in [4.69, 9.17) is 4.74 Å². The van der Waals surface area contributed by atoms with Crippen molar-refractivity contribution in [1.82, 2.24) is 9.78 Å². The van der Waals surface area contributed by atoms with Gasteiger partial charge in [0, 0.05) is 5.56 Å². The van der Waals surface area contributed by atoms with Gasteiger partial charge in [0.15, 0.2) is 12.3 Å². The molecule has 32 heavy (non-hydrogen) atoms. The summed E-state index contributed by atoms with van der Waals surface area (Å²) < 4.78 is 33.9. The molecule has 0 aliphatic heterocycles. The number of carbonyl (C=O) groups excluding carboxylic acids is 2. The lowest BCUT2D eigenvalue weighted by atomic mass is 10.1. The van der Waals surface area contributed by atoms with Crippen molar-refractivity contribution in [2.24, 2.45) is 0 Å². The van der Waals surface area contributed by atoms with Gasteiger partial charge in [0.05, 0.1) is 11.4 Å². The Hall–Kier alpha value is -4.33. The second-order valence-electron chi connectivity index (χ2n) is 6.75. The molecule has 1 aromatic heterocycles. The van der Waals surface area contributed by atoms with Crippen LogP contribution in [0.3, 0.4) is 0 Å². The number of benzene rings is 3. The number of esters is 1. The monoisotopic (exact) mass is 433 g/mol. The molecule has 160 valence electrons. The maximum atomic E-state index is 13.7. The lowest BCUT2D eigenvalue weighted by molar-refractivity contribution is -0.119. The van der Waals surface area contributed by atoms with Gasteiger partial charge in [-0.15, -0.1) is 0 Å². The number of ether oxygens (including phenoxy) is 1. The Bertz CT molecular complexity index is 1240.